The fourth-order valence-corrected chi connectivity index (χ4v) is 2.68. The summed E-state index contributed by atoms with van der Waals surface area (Å²) in [6.45, 7) is 3.76. The first-order valence-corrected chi connectivity index (χ1v) is 9.00. The topological polar surface area (TPSA) is 75.1 Å². The summed E-state index contributed by atoms with van der Waals surface area (Å²) in [5, 5.41) is 16.6. The van der Waals surface area contributed by atoms with E-state index in [-0.39, 0.29) is 42.4 Å². The zero-order valence-corrected chi connectivity index (χ0v) is 17.9. The summed E-state index contributed by atoms with van der Waals surface area (Å²) >= 11 is 0. The number of fused-ring (bicyclic) bond motifs is 1. The highest BCUT2D eigenvalue weighted by atomic mass is 127. The van der Waals surface area contributed by atoms with Gasteiger partial charge in [0.25, 0.3) is 0 Å². The maximum Gasteiger partial charge on any atom is 0.191 e. The SMILES string of the molecule is CCNC(=NCC(O)c1ccc(F)cc1)NCC1COc2ccccc2O1.I. The number of aliphatic hydroxyl groups is 1. The van der Waals surface area contributed by atoms with Gasteiger partial charge >= 0.3 is 0 Å². The largest absolute Gasteiger partial charge is 0.486 e. The quantitative estimate of drug-likeness (QED) is 0.323. The van der Waals surface area contributed by atoms with Crippen LogP contribution in [-0.4, -0.2) is 43.4 Å². The number of halogens is 2. The van der Waals surface area contributed by atoms with E-state index in [1.807, 2.05) is 31.2 Å². The molecule has 1 aliphatic rings. The van der Waals surface area contributed by atoms with Gasteiger partial charge in [0.15, 0.2) is 17.5 Å². The van der Waals surface area contributed by atoms with Crippen LogP contribution in [-0.2, 0) is 0 Å². The highest BCUT2D eigenvalue weighted by molar-refractivity contribution is 14.0. The lowest BCUT2D eigenvalue weighted by Crippen LogP contribution is -2.45. The number of hydrogen-bond acceptors (Lipinski definition) is 4. The van der Waals surface area contributed by atoms with Crippen molar-refractivity contribution in [1.29, 1.82) is 0 Å². The fraction of sp³-hybridized carbons (Fsp3) is 0.350. The van der Waals surface area contributed by atoms with Crippen molar-refractivity contribution in [2.75, 3.05) is 26.2 Å². The third kappa shape index (κ3) is 6.23. The Bertz CT molecular complexity index is 774. The van der Waals surface area contributed by atoms with Crippen molar-refractivity contribution >= 4 is 29.9 Å². The minimum absolute atomic E-state index is 0. The highest BCUT2D eigenvalue weighted by Gasteiger charge is 2.20. The molecule has 3 rings (SSSR count). The van der Waals surface area contributed by atoms with Crippen LogP contribution in [0.1, 0.15) is 18.6 Å². The lowest BCUT2D eigenvalue weighted by Gasteiger charge is -2.27. The number of guanidine groups is 1. The van der Waals surface area contributed by atoms with Gasteiger partial charge in [-0.05, 0) is 36.8 Å². The molecule has 28 heavy (non-hydrogen) atoms. The summed E-state index contributed by atoms with van der Waals surface area (Å²) in [4.78, 5) is 4.40. The van der Waals surface area contributed by atoms with Crippen molar-refractivity contribution in [3.63, 3.8) is 0 Å². The van der Waals surface area contributed by atoms with Gasteiger partial charge in [0, 0.05) is 6.54 Å². The molecular formula is C20H25FIN3O3. The van der Waals surface area contributed by atoms with Crippen LogP contribution in [0.3, 0.4) is 0 Å². The molecule has 0 saturated carbocycles. The Balaban J connectivity index is 0.00000280. The van der Waals surface area contributed by atoms with Crippen LogP contribution in [0.5, 0.6) is 11.5 Å². The van der Waals surface area contributed by atoms with Gasteiger partial charge in [0.05, 0.1) is 19.2 Å². The van der Waals surface area contributed by atoms with Gasteiger partial charge in [0.2, 0.25) is 0 Å². The third-order valence-electron chi connectivity index (χ3n) is 4.09. The number of aliphatic hydroxyl groups excluding tert-OH is 1. The Kier molecular flexibility index (Phi) is 8.78. The molecule has 0 aliphatic carbocycles. The van der Waals surface area contributed by atoms with Gasteiger partial charge in [0.1, 0.15) is 18.5 Å². The normalized spacial score (nSPS) is 16.7. The number of para-hydroxylation sites is 2. The number of ether oxygens (including phenoxy) is 2. The number of aliphatic imine (C=N–C) groups is 1. The third-order valence-corrected chi connectivity index (χ3v) is 4.09. The van der Waals surface area contributed by atoms with Crippen molar-refractivity contribution in [2.45, 2.75) is 19.1 Å². The average Bonchev–Trinajstić information content (AvgIpc) is 2.70. The van der Waals surface area contributed by atoms with E-state index in [1.165, 1.54) is 12.1 Å². The highest BCUT2D eigenvalue weighted by Crippen LogP contribution is 2.30. The van der Waals surface area contributed by atoms with E-state index in [0.29, 0.717) is 31.2 Å². The fourth-order valence-electron chi connectivity index (χ4n) is 2.68. The molecule has 6 nitrogen and oxygen atoms in total. The van der Waals surface area contributed by atoms with Crippen LogP contribution >= 0.6 is 24.0 Å². The summed E-state index contributed by atoms with van der Waals surface area (Å²) in [5.41, 5.74) is 0.622. The molecule has 1 aliphatic heterocycles. The van der Waals surface area contributed by atoms with Crippen molar-refractivity contribution in [3.05, 3.63) is 59.9 Å². The van der Waals surface area contributed by atoms with Gasteiger partial charge < -0.3 is 25.2 Å². The van der Waals surface area contributed by atoms with Crippen LogP contribution < -0.4 is 20.1 Å². The van der Waals surface area contributed by atoms with Crippen LogP contribution in [0.15, 0.2) is 53.5 Å². The second-order valence-electron chi connectivity index (χ2n) is 6.17. The molecule has 2 atom stereocenters. The van der Waals surface area contributed by atoms with Crippen molar-refractivity contribution < 1.29 is 19.0 Å². The first-order valence-electron chi connectivity index (χ1n) is 9.00. The minimum Gasteiger partial charge on any atom is -0.486 e. The molecule has 0 amide bonds. The number of benzene rings is 2. The molecule has 152 valence electrons. The number of nitrogens with zero attached hydrogens (tertiary/aromatic N) is 1. The van der Waals surface area contributed by atoms with Crippen LogP contribution in [0.4, 0.5) is 4.39 Å². The van der Waals surface area contributed by atoms with E-state index in [4.69, 9.17) is 9.47 Å². The lowest BCUT2D eigenvalue weighted by molar-refractivity contribution is 0.0936. The maximum absolute atomic E-state index is 13.0. The van der Waals surface area contributed by atoms with Gasteiger partial charge in [-0.15, -0.1) is 24.0 Å². The molecule has 8 heteroatoms. The first-order chi connectivity index (χ1) is 13.2. The van der Waals surface area contributed by atoms with Gasteiger partial charge in [-0.1, -0.05) is 24.3 Å². The molecule has 0 saturated heterocycles. The minimum atomic E-state index is -0.804. The summed E-state index contributed by atoms with van der Waals surface area (Å²) < 4.78 is 24.6. The molecule has 0 spiro atoms. The monoisotopic (exact) mass is 501 g/mol. The Morgan fingerprint density at radius 1 is 1.18 bits per heavy atom. The molecule has 1 heterocycles. The summed E-state index contributed by atoms with van der Waals surface area (Å²) in [6, 6.07) is 13.3. The van der Waals surface area contributed by atoms with Crippen LogP contribution in [0.25, 0.3) is 0 Å². The molecule has 3 N–H and O–H groups in total. The molecule has 0 aromatic heterocycles. The first kappa shape index (κ1) is 22.2. The molecule has 0 fully saturated rings. The predicted molar refractivity (Wildman–Crippen MR) is 117 cm³/mol. The number of nitrogens with one attached hydrogen (secondary N) is 2. The van der Waals surface area contributed by atoms with Gasteiger partial charge in [-0.25, -0.2) is 4.39 Å². The molecule has 2 aromatic rings. The van der Waals surface area contributed by atoms with E-state index >= 15 is 0 Å². The zero-order chi connectivity index (χ0) is 19.1. The standard InChI is InChI=1S/C20H24FN3O3.HI/c1-2-22-20(24-12-17(25)14-7-9-15(21)10-8-14)23-11-16-13-26-18-5-3-4-6-19(18)27-16;/h3-10,16-17,25H,2,11-13H2,1H3,(H2,22,23,24);1H. The van der Waals surface area contributed by atoms with Crippen LogP contribution in [0.2, 0.25) is 0 Å². The van der Waals surface area contributed by atoms with Crippen LogP contribution in [0, 0.1) is 5.82 Å². The van der Waals surface area contributed by atoms with E-state index in [1.54, 1.807) is 12.1 Å². The van der Waals surface area contributed by atoms with Crippen molar-refractivity contribution in [1.82, 2.24) is 10.6 Å². The van der Waals surface area contributed by atoms with E-state index < -0.39 is 6.10 Å². The van der Waals surface area contributed by atoms with E-state index in [0.717, 1.165) is 11.5 Å². The molecule has 0 bridgehead atoms. The second-order valence-corrected chi connectivity index (χ2v) is 6.17. The zero-order valence-electron chi connectivity index (χ0n) is 15.6. The summed E-state index contributed by atoms with van der Waals surface area (Å²) in [5.74, 6) is 1.71. The van der Waals surface area contributed by atoms with Crippen molar-refractivity contribution in [3.8, 4) is 11.5 Å². The predicted octanol–water partition coefficient (Wildman–Crippen LogP) is 2.87. The summed E-state index contributed by atoms with van der Waals surface area (Å²) in [6.07, 6.45) is -0.951. The van der Waals surface area contributed by atoms with Crippen molar-refractivity contribution in [2.24, 2.45) is 4.99 Å². The van der Waals surface area contributed by atoms with Gasteiger partial charge in [-0.3, -0.25) is 4.99 Å². The Hall–Kier alpha value is -2.07. The smallest absolute Gasteiger partial charge is 0.191 e. The maximum atomic E-state index is 13.0. The second kappa shape index (κ2) is 11.1. The van der Waals surface area contributed by atoms with E-state index in [9.17, 15) is 9.50 Å². The van der Waals surface area contributed by atoms with Gasteiger partial charge in [-0.2, -0.15) is 0 Å². The number of rotatable bonds is 6. The lowest BCUT2D eigenvalue weighted by atomic mass is 10.1. The molecule has 2 unspecified atom stereocenters. The Morgan fingerprint density at radius 3 is 2.61 bits per heavy atom. The Labute approximate surface area is 181 Å². The molecule has 0 radical (unpaired) electrons. The average molecular weight is 501 g/mol. The van der Waals surface area contributed by atoms with E-state index in [2.05, 4.69) is 15.6 Å². The molecule has 2 aromatic carbocycles. The molecular weight excluding hydrogens is 476 g/mol. The Morgan fingerprint density at radius 2 is 1.89 bits per heavy atom. The summed E-state index contributed by atoms with van der Waals surface area (Å²) in [7, 11) is 0. The number of hydrogen-bond donors (Lipinski definition) is 3.